The van der Waals surface area contributed by atoms with Gasteiger partial charge in [0.1, 0.15) is 12.3 Å². The minimum atomic E-state index is -1.11. The van der Waals surface area contributed by atoms with Gasteiger partial charge in [0, 0.05) is 5.92 Å². The smallest absolute Gasteiger partial charge is 0.412 e. The van der Waals surface area contributed by atoms with Gasteiger partial charge in [-0.05, 0) is 43.0 Å². The molecule has 2 aliphatic rings. The standard InChI is InChI=1S/C22H23NO5/c1-13-19(20(24)25)23(22(2,3)28-13)21(26)27-12-18-16-10-6-4-8-14(16)15-9-5-7-11-17(15)18/h4-11,13,18-19H,12H2,1-3H3,(H,24,25)/t13-,19+/m0/s1. The zero-order valence-electron chi connectivity index (χ0n) is 16.1. The first-order chi connectivity index (χ1) is 13.3. The van der Waals surface area contributed by atoms with Crippen LogP contribution >= 0.6 is 0 Å². The number of hydrogen-bond donors (Lipinski definition) is 1. The summed E-state index contributed by atoms with van der Waals surface area (Å²) in [5.41, 5.74) is 3.45. The molecule has 1 saturated heterocycles. The molecule has 6 heteroatoms. The second-order valence-corrected chi connectivity index (χ2v) is 7.73. The highest BCUT2D eigenvalue weighted by atomic mass is 16.6. The fourth-order valence-corrected chi connectivity index (χ4v) is 4.43. The van der Waals surface area contributed by atoms with Crippen molar-refractivity contribution in [3.8, 4) is 11.1 Å². The number of rotatable bonds is 3. The number of carbonyl (C=O) groups is 2. The Morgan fingerprint density at radius 2 is 1.61 bits per heavy atom. The summed E-state index contributed by atoms with van der Waals surface area (Å²) in [7, 11) is 0. The third-order valence-corrected chi connectivity index (χ3v) is 5.56. The Hall–Kier alpha value is -2.86. The number of carboxylic acids is 1. The van der Waals surface area contributed by atoms with E-state index in [-0.39, 0.29) is 12.5 Å². The lowest BCUT2D eigenvalue weighted by atomic mass is 9.98. The van der Waals surface area contributed by atoms with E-state index in [0.29, 0.717) is 0 Å². The summed E-state index contributed by atoms with van der Waals surface area (Å²) in [6.45, 7) is 5.14. The van der Waals surface area contributed by atoms with Crippen LogP contribution in [0.1, 0.15) is 37.8 Å². The van der Waals surface area contributed by atoms with Crippen molar-refractivity contribution in [2.24, 2.45) is 0 Å². The number of hydrogen-bond acceptors (Lipinski definition) is 4. The summed E-state index contributed by atoms with van der Waals surface area (Å²) in [6.07, 6.45) is -1.29. The molecule has 1 N–H and O–H groups in total. The number of aliphatic carboxylic acids is 1. The Balaban J connectivity index is 1.58. The molecule has 0 radical (unpaired) electrons. The monoisotopic (exact) mass is 381 g/mol. The number of nitrogens with zero attached hydrogens (tertiary/aromatic N) is 1. The Labute approximate surface area is 163 Å². The fourth-order valence-electron chi connectivity index (χ4n) is 4.43. The molecule has 1 amide bonds. The number of benzene rings is 2. The minimum Gasteiger partial charge on any atom is -0.480 e. The molecule has 0 spiro atoms. The second-order valence-electron chi connectivity index (χ2n) is 7.73. The van der Waals surface area contributed by atoms with Gasteiger partial charge in [-0.25, -0.2) is 9.59 Å². The van der Waals surface area contributed by atoms with Crippen LogP contribution in [0, 0.1) is 0 Å². The Morgan fingerprint density at radius 1 is 1.07 bits per heavy atom. The summed E-state index contributed by atoms with van der Waals surface area (Å²) in [5.74, 6) is -1.18. The molecule has 0 aromatic heterocycles. The minimum absolute atomic E-state index is 0.0799. The van der Waals surface area contributed by atoms with E-state index in [1.807, 2.05) is 36.4 Å². The molecule has 2 aromatic carbocycles. The van der Waals surface area contributed by atoms with E-state index < -0.39 is 29.9 Å². The molecule has 1 aliphatic heterocycles. The molecule has 0 saturated carbocycles. The zero-order valence-corrected chi connectivity index (χ0v) is 16.1. The van der Waals surface area contributed by atoms with E-state index >= 15 is 0 Å². The van der Waals surface area contributed by atoms with Gasteiger partial charge < -0.3 is 14.6 Å². The fraction of sp³-hybridized carbons (Fsp3) is 0.364. The molecule has 2 atom stereocenters. The zero-order chi connectivity index (χ0) is 20.1. The normalized spacial score (nSPS) is 22.6. The van der Waals surface area contributed by atoms with Gasteiger partial charge in [0.15, 0.2) is 6.04 Å². The van der Waals surface area contributed by atoms with E-state index in [0.717, 1.165) is 22.3 Å². The van der Waals surface area contributed by atoms with Gasteiger partial charge >= 0.3 is 12.1 Å². The Bertz CT molecular complexity index is 893. The van der Waals surface area contributed by atoms with Crippen LogP contribution in [0.5, 0.6) is 0 Å². The maximum Gasteiger partial charge on any atom is 0.412 e. The van der Waals surface area contributed by atoms with Crippen molar-refractivity contribution in [3.05, 3.63) is 59.7 Å². The van der Waals surface area contributed by atoms with Gasteiger partial charge in [0.2, 0.25) is 0 Å². The van der Waals surface area contributed by atoms with Gasteiger partial charge in [-0.15, -0.1) is 0 Å². The average molecular weight is 381 g/mol. The van der Waals surface area contributed by atoms with Crippen molar-refractivity contribution in [3.63, 3.8) is 0 Å². The number of fused-ring (bicyclic) bond motifs is 3. The van der Waals surface area contributed by atoms with Crippen molar-refractivity contribution in [2.45, 2.75) is 44.6 Å². The first kappa shape index (κ1) is 18.5. The quantitative estimate of drug-likeness (QED) is 0.874. The molecule has 146 valence electrons. The van der Waals surface area contributed by atoms with Crippen LogP contribution in [0.25, 0.3) is 11.1 Å². The maximum absolute atomic E-state index is 12.9. The van der Waals surface area contributed by atoms with Crippen LogP contribution in [0.3, 0.4) is 0 Å². The summed E-state index contributed by atoms with van der Waals surface area (Å²) < 4.78 is 11.3. The first-order valence-electron chi connectivity index (χ1n) is 9.36. The summed E-state index contributed by atoms with van der Waals surface area (Å²) in [5, 5.41) is 9.55. The van der Waals surface area contributed by atoms with Crippen LogP contribution in [0.4, 0.5) is 4.79 Å². The van der Waals surface area contributed by atoms with E-state index in [4.69, 9.17) is 9.47 Å². The third kappa shape index (κ3) is 2.85. The van der Waals surface area contributed by atoms with Crippen molar-refractivity contribution >= 4 is 12.1 Å². The lowest BCUT2D eigenvalue weighted by molar-refractivity contribution is -0.143. The second kappa shape index (κ2) is 6.63. The SMILES string of the molecule is C[C@@H]1OC(C)(C)N(C(=O)OCC2c3ccccc3-c3ccccc32)[C@H]1C(=O)O. The van der Waals surface area contributed by atoms with Gasteiger partial charge in [0.25, 0.3) is 0 Å². The highest BCUT2D eigenvalue weighted by Crippen LogP contribution is 2.44. The molecule has 28 heavy (non-hydrogen) atoms. The van der Waals surface area contributed by atoms with Crippen molar-refractivity contribution in [1.29, 1.82) is 0 Å². The van der Waals surface area contributed by atoms with Crippen LogP contribution in [0.2, 0.25) is 0 Å². The molecule has 1 aliphatic carbocycles. The molecule has 1 fully saturated rings. The summed E-state index contributed by atoms with van der Waals surface area (Å²) in [6, 6.07) is 15.1. The highest BCUT2D eigenvalue weighted by molar-refractivity contribution is 5.82. The van der Waals surface area contributed by atoms with Gasteiger partial charge in [0.05, 0.1) is 6.10 Å². The van der Waals surface area contributed by atoms with Crippen molar-refractivity contribution in [1.82, 2.24) is 4.90 Å². The highest BCUT2D eigenvalue weighted by Gasteiger charge is 2.52. The van der Waals surface area contributed by atoms with E-state index in [1.165, 1.54) is 4.90 Å². The number of carbonyl (C=O) groups excluding carboxylic acids is 1. The predicted octanol–water partition coefficient (Wildman–Crippen LogP) is 3.85. The van der Waals surface area contributed by atoms with E-state index in [9.17, 15) is 14.7 Å². The largest absolute Gasteiger partial charge is 0.480 e. The number of ether oxygens (including phenoxy) is 2. The first-order valence-corrected chi connectivity index (χ1v) is 9.36. The molecule has 0 bridgehead atoms. The average Bonchev–Trinajstić information content (AvgIpc) is 3.10. The Kier molecular flexibility index (Phi) is 4.38. The lowest BCUT2D eigenvalue weighted by Gasteiger charge is -2.31. The molecule has 1 heterocycles. The molecule has 0 unspecified atom stereocenters. The van der Waals surface area contributed by atoms with E-state index in [2.05, 4.69) is 12.1 Å². The third-order valence-electron chi connectivity index (χ3n) is 5.56. The van der Waals surface area contributed by atoms with Crippen molar-refractivity contribution < 1.29 is 24.2 Å². The van der Waals surface area contributed by atoms with Crippen LogP contribution < -0.4 is 0 Å². The van der Waals surface area contributed by atoms with Crippen LogP contribution in [0.15, 0.2) is 48.5 Å². The Morgan fingerprint density at radius 3 is 2.14 bits per heavy atom. The molecule has 6 nitrogen and oxygen atoms in total. The lowest BCUT2D eigenvalue weighted by Crippen LogP contribution is -2.51. The van der Waals surface area contributed by atoms with Gasteiger partial charge in [-0.1, -0.05) is 48.5 Å². The van der Waals surface area contributed by atoms with Gasteiger partial charge in [-0.3, -0.25) is 4.90 Å². The summed E-state index contributed by atoms with van der Waals surface area (Å²) >= 11 is 0. The number of carboxylic acid groups (broad SMARTS) is 1. The van der Waals surface area contributed by atoms with Gasteiger partial charge in [-0.2, -0.15) is 0 Å². The number of amides is 1. The maximum atomic E-state index is 12.9. The topological polar surface area (TPSA) is 76.1 Å². The van der Waals surface area contributed by atoms with Crippen LogP contribution in [-0.2, 0) is 14.3 Å². The van der Waals surface area contributed by atoms with E-state index in [1.54, 1.807) is 20.8 Å². The van der Waals surface area contributed by atoms with Crippen molar-refractivity contribution in [2.75, 3.05) is 6.61 Å². The predicted molar refractivity (Wildman–Crippen MR) is 103 cm³/mol. The molecule has 4 rings (SSSR count). The van der Waals surface area contributed by atoms with Crippen LogP contribution in [-0.4, -0.2) is 46.5 Å². The summed E-state index contributed by atoms with van der Waals surface area (Å²) in [4.78, 5) is 25.7. The molecular formula is C22H23NO5. The molecule has 2 aromatic rings. The molecular weight excluding hydrogens is 358 g/mol.